The summed E-state index contributed by atoms with van der Waals surface area (Å²) in [5, 5.41) is 3.06. The van der Waals surface area contributed by atoms with E-state index in [1.807, 2.05) is 25.1 Å². The van der Waals surface area contributed by atoms with Crippen molar-refractivity contribution in [2.45, 2.75) is 19.9 Å². The van der Waals surface area contributed by atoms with Crippen LogP contribution in [0.4, 0.5) is 0 Å². The molecule has 28 heavy (non-hydrogen) atoms. The van der Waals surface area contributed by atoms with Crippen LogP contribution in [0.2, 0.25) is 0 Å². The van der Waals surface area contributed by atoms with E-state index in [-0.39, 0.29) is 11.9 Å². The number of methoxy groups -OCH3 is 2. The number of nitrogens with zero attached hydrogens (tertiary/aromatic N) is 1. The summed E-state index contributed by atoms with van der Waals surface area (Å²) in [6.45, 7) is 7.07. The van der Waals surface area contributed by atoms with E-state index in [1.54, 1.807) is 27.2 Å². The molecule has 1 aromatic carbocycles. The number of hydrogen-bond acceptors (Lipinski definition) is 6. The van der Waals surface area contributed by atoms with Crippen molar-refractivity contribution >= 4 is 5.91 Å². The Hall–Kier alpha value is -2.51. The molecule has 1 saturated heterocycles. The quantitative estimate of drug-likeness (QED) is 0.786. The molecule has 2 aromatic rings. The number of carbonyl (C=O) groups is 1. The van der Waals surface area contributed by atoms with Gasteiger partial charge in [-0.05, 0) is 37.6 Å². The van der Waals surface area contributed by atoms with Crippen LogP contribution in [0.3, 0.4) is 0 Å². The number of rotatable bonds is 7. The zero-order chi connectivity index (χ0) is 20.1. The minimum atomic E-state index is -0.131. The number of benzene rings is 1. The van der Waals surface area contributed by atoms with Gasteiger partial charge in [-0.2, -0.15) is 0 Å². The smallest absolute Gasteiger partial charge is 0.254 e. The van der Waals surface area contributed by atoms with Crippen LogP contribution < -0.4 is 14.8 Å². The summed E-state index contributed by atoms with van der Waals surface area (Å²) in [5.41, 5.74) is 1.63. The molecule has 3 rings (SSSR count). The van der Waals surface area contributed by atoms with Crippen LogP contribution in [0.1, 0.15) is 33.5 Å². The van der Waals surface area contributed by atoms with Crippen molar-refractivity contribution in [2.75, 3.05) is 47.1 Å². The summed E-state index contributed by atoms with van der Waals surface area (Å²) in [6, 6.07) is 7.65. The maximum absolute atomic E-state index is 12.7. The SMILES string of the molecule is COc1ccc(C(CNC(=O)c2cc(C)oc2C)N2CCOCC2)cc1OC. The lowest BCUT2D eigenvalue weighted by atomic mass is 10.0. The second kappa shape index (κ2) is 9.12. The maximum Gasteiger partial charge on any atom is 0.254 e. The molecule has 7 nitrogen and oxygen atoms in total. The lowest BCUT2D eigenvalue weighted by Gasteiger charge is -2.35. The zero-order valence-corrected chi connectivity index (χ0v) is 16.9. The highest BCUT2D eigenvalue weighted by Crippen LogP contribution is 2.32. The molecule has 1 aromatic heterocycles. The van der Waals surface area contributed by atoms with Gasteiger partial charge in [0.05, 0.1) is 39.0 Å². The van der Waals surface area contributed by atoms with Crippen LogP contribution in [0.5, 0.6) is 11.5 Å². The molecule has 0 aliphatic carbocycles. The summed E-state index contributed by atoms with van der Waals surface area (Å²) in [7, 11) is 3.24. The Morgan fingerprint density at radius 2 is 1.86 bits per heavy atom. The van der Waals surface area contributed by atoms with Crippen LogP contribution in [0.25, 0.3) is 0 Å². The van der Waals surface area contributed by atoms with Gasteiger partial charge in [-0.3, -0.25) is 9.69 Å². The van der Waals surface area contributed by atoms with Gasteiger partial charge in [0.25, 0.3) is 5.91 Å². The van der Waals surface area contributed by atoms with E-state index in [4.69, 9.17) is 18.6 Å². The number of carbonyl (C=O) groups excluding carboxylic acids is 1. The van der Waals surface area contributed by atoms with Gasteiger partial charge in [-0.25, -0.2) is 0 Å². The Labute approximate surface area is 165 Å². The normalized spacial score (nSPS) is 15.9. The van der Waals surface area contributed by atoms with Crippen LogP contribution in [0, 0.1) is 13.8 Å². The Morgan fingerprint density at radius 1 is 1.14 bits per heavy atom. The summed E-state index contributed by atoms with van der Waals surface area (Å²) in [6.07, 6.45) is 0. The second-order valence-corrected chi connectivity index (χ2v) is 6.82. The van der Waals surface area contributed by atoms with Gasteiger partial charge < -0.3 is 23.9 Å². The molecule has 152 valence electrons. The summed E-state index contributed by atoms with van der Waals surface area (Å²) in [5.74, 6) is 2.58. The molecule has 0 spiro atoms. The third-order valence-electron chi connectivity index (χ3n) is 5.02. The molecule has 1 unspecified atom stereocenters. The van der Waals surface area contributed by atoms with Crippen LogP contribution in [-0.2, 0) is 4.74 Å². The minimum Gasteiger partial charge on any atom is -0.493 e. The van der Waals surface area contributed by atoms with E-state index in [9.17, 15) is 4.79 Å². The molecular weight excluding hydrogens is 360 g/mol. The molecule has 1 aliphatic rings. The van der Waals surface area contributed by atoms with Gasteiger partial charge in [0, 0.05) is 19.6 Å². The number of furan rings is 1. The molecule has 0 radical (unpaired) electrons. The third-order valence-corrected chi connectivity index (χ3v) is 5.02. The number of hydrogen-bond donors (Lipinski definition) is 1. The molecule has 1 aliphatic heterocycles. The van der Waals surface area contributed by atoms with Crippen molar-refractivity contribution in [1.29, 1.82) is 0 Å². The number of aryl methyl sites for hydroxylation is 2. The van der Waals surface area contributed by atoms with Gasteiger partial charge in [-0.15, -0.1) is 0 Å². The van der Waals surface area contributed by atoms with Gasteiger partial charge in [0.2, 0.25) is 0 Å². The summed E-state index contributed by atoms with van der Waals surface area (Å²) < 4.78 is 21.8. The van der Waals surface area contributed by atoms with E-state index in [1.165, 1.54) is 0 Å². The van der Waals surface area contributed by atoms with E-state index in [2.05, 4.69) is 10.2 Å². The lowest BCUT2D eigenvalue weighted by Crippen LogP contribution is -2.43. The molecule has 0 bridgehead atoms. The van der Waals surface area contributed by atoms with E-state index in [0.29, 0.717) is 42.6 Å². The standard InChI is InChI=1S/C21H28N2O5/c1-14-11-17(15(2)28-14)21(24)22-13-18(23-7-9-27-10-8-23)16-5-6-19(25-3)20(12-16)26-4/h5-6,11-12,18H,7-10,13H2,1-4H3,(H,22,24). The Morgan fingerprint density at radius 3 is 2.46 bits per heavy atom. The van der Waals surface area contributed by atoms with Gasteiger partial charge in [-0.1, -0.05) is 6.07 Å². The minimum absolute atomic E-state index is 0.000889. The van der Waals surface area contributed by atoms with Crippen molar-refractivity contribution in [1.82, 2.24) is 10.2 Å². The largest absolute Gasteiger partial charge is 0.493 e. The number of ether oxygens (including phenoxy) is 3. The molecule has 1 N–H and O–H groups in total. The summed E-state index contributed by atoms with van der Waals surface area (Å²) in [4.78, 5) is 15.0. The molecular formula is C21H28N2O5. The highest BCUT2D eigenvalue weighted by molar-refractivity contribution is 5.95. The van der Waals surface area contributed by atoms with E-state index >= 15 is 0 Å². The number of morpholine rings is 1. The first-order valence-electron chi connectivity index (χ1n) is 9.42. The van der Waals surface area contributed by atoms with E-state index < -0.39 is 0 Å². The number of amides is 1. The molecule has 7 heteroatoms. The van der Waals surface area contributed by atoms with Crippen molar-refractivity contribution < 1.29 is 23.4 Å². The molecule has 0 saturated carbocycles. The van der Waals surface area contributed by atoms with E-state index in [0.717, 1.165) is 24.4 Å². The fourth-order valence-corrected chi connectivity index (χ4v) is 3.55. The Balaban J connectivity index is 1.81. The zero-order valence-electron chi connectivity index (χ0n) is 16.9. The topological polar surface area (TPSA) is 73.2 Å². The highest BCUT2D eigenvalue weighted by Gasteiger charge is 2.25. The van der Waals surface area contributed by atoms with Crippen LogP contribution in [-0.4, -0.2) is 57.9 Å². The maximum atomic E-state index is 12.7. The third kappa shape index (κ3) is 4.48. The average molecular weight is 388 g/mol. The Bertz CT molecular complexity index is 811. The highest BCUT2D eigenvalue weighted by atomic mass is 16.5. The fourth-order valence-electron chi connectivity index (χ4n) is 3.55. The molecule has 1 atom stereocenters. The van der Waals surface area contributed by atoms with Crippen molar-refractivity contribution in [3.8, 4) is 11.5 Å². The molecule has 2 heterocycles. The molecule has 1 amide bonds. The van der Waals surface area contributed by atoms with Crippen LogP contribution >= 0.6 is 0 Å². The van der Waals surface area contributed by atoms with Crippen LogP contribution in [0.15, 0.2) is 28.7 Å². The van der Waals surface area contributed by atoms with Crippen molar-refractivity contribution in [2.24, 2.45) is 0 Å². The van der Waals surface area contributed by atoms with Gasteiger partial charge >= 0.3 is 0 Å². The molecule has 1 fully saturated rings. The first-order chi connectivity index (χ1) is 13.5. The first-order valence-corrected chi connectivity index (χ1v) is 9.42. The second-order valence-electron chi connectivity index (χ2n) is 6.82. The lowest BCUT2D eigenvalue weighted by molar-refractivity contribution is 0.0162. The predicted molar refractivity (Wildman–Crippen MR) is 105 cm³/mol. The van der Waals surface area contributed by atoms with Crippen molar-refractivity contribution in [3.63, 3.8) is 0 Å². The predicted octanol–water partition coefficient (Wildman–Crippen LogP) is 2.72. The Kier molecular flexibility index (Phi) is 6.59. The first kappa shape index (κ1) is 20.2. The number of nitrogens with one attached hydrogen (secondary N) is 1. The van der Waals surface area contributed by atoms with Gasteiger partial charge in [0.1, 0.15) is 11.5 Å². The summed E-state index contributed by atoms with van der Waals surface area (Å²) >= 11 is 0. The van der Waals surface area contributed by atoms with Gasteiger partial charge in [0.15, 0.2) is 11.5 Å². The van der Waals surface area contributed by atoms with Crippen molar-refractivity contribution in [3.05, 3.63) is 46.9 Å². The fraction of sp³-hybridized carbons (Fsp3) is 0.476. The average Bonchev–Trinajstić information content (AvgIpc) is 3.06. The monoisotopic (exact) mass is 388 g/mol.